The summed E-state index contributed by atoms with van der Waals surface area (Å²) in [4.78, 5) is 44.0. The van der Waals surface area contributed by atoms with Gasteiger partial charge in [0.15, 0.2) is 12.1 Å². The van der Waals surface area contributed by atoms with Crippen LogP contribution in [0.2, 0.25) is 0 Å². The first-order chi connectivity index (χ1) is 23.6. The average molecular weight is 680 g/mol. The van der Waals surface area contributed by atoms with E-state index in [-0.39, 0.29) is 76.2 Å². The van der Waals surface area contributed by atoms with E-state index in [4.69, 9.17) is 18.9 Å². The number of ketones is 2. The number of aliphatic hydroxyl groups excluding tert-OH is 1. The van der Waals surface area contributed by atoms with Crippen molar-refractivity contribution in [2.45, 2.75) is 63.2 Å². The Morgan fingerprint density at radius 3 is 2.43 bits per heavy atom. The molecule has 0 spiro atoms. The molecule has 13 heteroatoms. The zero-order valence-corrected chi connectivity index (χ0v) is 28.1. The van der Waals surface area contributed by atoms with E-state index in [1.165, 1.54) is 13.2 Å². The first-order valence-electron chi connectivity index (χ1n) is 17.2. The zero-order chi connectivity index (χ0) is 34.6. The second-order valence-corrected chi connectivity index (χ2v) is 13.9. The Morgan fingerprint density at radius 1 is 0.959 bits per heavy atom. The van der Waals surface area contributed by atoms with Crippen LogP contribution in [0.1, 0.15) is 62.7 Å². The van der Waals surface area contributed by atoms with Gasteiger partial charge in [0.05, 0.1) is 42.6 Å². The maximum atomic E-state index is 13.3. The van der Waals surface area contributed by atoms with Crippen molar-refractivity contribution >= 4 is 17.5 Å². The topological polar surface area (TPSA) is 167 Å². The summed E-state index contributed by atoms with van der Waals surface area (Å²) in [5.74, 6) is -1.20. The highest BCUT2D eigenvalue weighted by atomic mass is 16.7. The lowest BCUT2D eigenvalue weighted by Crippen LogP contribution is -2.57. The molecule has 6 aliphatic rings. The maximum absolute atomic E-state index is 13.3. The van der Waals surface area contributed by atoms with Crippen molar-refractivity contribution in [3.05, 3.63) is 51.6 Å². The summed E-state index contributed by atoms with van der Waals surface area (Å²) in [6.07, 6.45) is 1.30. The van der Waals surface area contributed by atoms with Crippen molar-refractivity contribution in [2.24, 2.45) is 11.8 Å². The summed E-state index contributed by atoms with van der Waals surface area (Å²) in [5.41, 5.74) is 0.689. The number of phenolic OH excluding ortho intramolecular Hbond substituents is 2. The quantitative estimate of drug-likeness (QED) is 0.292. The van der Waals surface area contributed by atoms with Crippen LogP contribution in [0.3, 0.4) is 0 Å². The summed E-state index contributed by atoms with van der Waals surface area (Å²) in [6, 6.07) is 5.25. The van der Waals surface area contributed by atoms with E-state index in [0.717, 1.165) is 39.2 Å². The summed E-state index contributed by atoms with van der Waals surface area (Å²) >= 11 is 0. The lowest BCUT2D eigenvalue weighted by atomic mass is 9.75. The van der Waals surface area contributed by atoms with E-state index in [0.29, 0.717) is 49.1 Å². The molecule has 8 rings (SSSR count). The van der Waals surface area contributed by atoms with Crippen LogP contribution in [-0.2, 0) is 31.8 Å². The summed E-state index contributed by atoms with van der Waals surface area (Å²) in [6.45, 7) is 7.26. The Kier molecular flexibility index (Phi) is 9.41. The van der Waals surface area contributed by atoms with Crippen LogP contribution in [0.5, 0.6) is 17.2 Å². The first-order valence-corrected chi connectivity index (χ1v) is 17.2. The number of aromatic hydroxyl groups is 2. The van der Waals surface area contributed by atoms with Gasteiger partial charge in [-0.15, -0.1) is 0 Å². The van der Waals surface area contributed by atoms with E-state index in [2.05, 4.69) is 10.2 Å². The normalized spacial score (nSPS) is 30.6. The van der Waals surface area contributed by atoms with Crippen LogP contribution >= 0.6 is 0 Å². The fourth-order valence-corrected chi connectivity index (χ4v) is 8.34. The average Bonchev–Trinajstić information content (AvgIpc) is 3.42. The smallest absolute Gasteiger partial charge is 0.226 e. The molecule has 0 saturated carbocycles. The minimum atomic E-state index is -0.550. The Hall–Kier alpha value is -3.59. The van der Waals surface area contributed by atoms with E-state index in [1.807, 2.05) is 11.8 Å². The molecule has 2 aromatic rings. The Labute approximate surface area is 285 Å². The number of carbonyl (C=O) groups is 3. The predicted molar refractivity (Wildman–Crippen MR) is 175 cm³/mol. The fourth-order valence-electron chi connectivity index (χ4n) is 8.34. The minimum absolute atomic E-state index is 0.0472. The number of nitrogens with one attached hydrogen (secondary N) is 1. The Morgan fingerprint density at radius 2 is 1.73 bits per heavy atom. The van der Waals surface area contributed by atoms with Gasteiger partial charge in [-0.25, -0.2) is 0 Å². The number of nitrogens with zero attached hydrogens (tertiary/aromatic N) is 2. The van der Waals surface area contributed by atoms with Gasteiger partial charge in [-0.2, -0.15) is 0 Å². The minimum Gasteiger partial charge on any atom is -0.507 e. The maximum Gasteiger partial charge on any atom is 0.226 e. The molecule has 264 valence electrons. The molecule has 2 aliphatic carbocycles. The van der Waals surface area contributed by atoms with E-state index in [1.54, 1.807) is 19.2 Å². The van der Waals surface area contributed by atoms with Gasteiger partial charge in [0.25, 0.3) is 0 Å². The highest BCUT2D eigenvalue weighted by Gasteiger charge is 2.45. The molecule has 0 radical (unpaired) electrons. The number of fused-ring (bicyclic) bond motifs is 4. The van der Waals surface area contributed by atoms with Crippen molar-refractivity contribution in [2.75, 3.05) is 60.2 Å². The van der Waals surface area contributed by atoms with Crippen molar-refractivity contribution in [1.82, 2.24) is 15.1 Å². The van der Waals surface area contributed by atoms with Crippen molar-refractivity contribution < 1.29 is 48.7 Å². The van der Waals surface area contributed by atoms with Crippen LogP contribution in [0.4, 0.5) is 0 Å². The molecule has 13 nitrogen and oxygen atoms in total. The summed E-state index contributed by atoms with van der Waals surface area (Å²) < 4.78 is 21.3. The molecule has 4 saturated heterocycles. The monoisotopic (exact) mass is 679 g/mol. The molecule has 4 N–H and O–H groups in total. The molecule has 0 aromatic heterocycles. The number of hydrogen-bond acceptors (Lipinski definition) is 12. The third-order valence-electron chi connectivity index (χ3n) is 11.2. The number of methoxy groups -OCH3 is 2. The van der Waals surface area contributed by atoms with Gasteiger partial charge >= 0.3 is 0 Å². The number of benzene rings is 2. The fraction of sp³-hybridized carbons (Fsp3) is 0.583. The SMILES string of the molecule is COC1CN(C2CCOC(C)C2O)CCO1.COc1cccc2c1C(=O)c1c(O)c3c(c(O)c1C2=O)CC(C(=O)N1CC2CNC2C1)CC3. The van der Waals surface area contributed by atoms with Gasteiger partial charge < -0.3 is 44.5 Å². The highest BCUT2D eigenvalue weighted by Crippen LogP contribution is 2.47. The van der Waals surface area contributed by atoms with E-state index in [9.17, 15) is 29.7 Å². The standard InChI is InChI=1S/C25H24N2O6.C11H21NO4/c1-33-17-4-2-3-14-18(17)24(31)20-19(22(14)29)23(30)15-7-11(5-6-13(15)21(20)28)25(32)27-9-12-8-26-16(12)10-27;1-8-11(13)9(3-5-15-8)12-4-6-16-10(7-12)14-2/h2-4,11-12,16,26,28,30H,5-10H2,1H3;8-11,13H,3-7H2,1-2H3. The second kappa shape index (κ2) is 13.6. The van der Waals surface area contributed by atoms with Gasteiger partial charge in [0, 0.05) is 87.1 Å². The van der Waals surface area contributed by atoms with Crippen molar-refractivity contribution in [3.8, 4) is 17.2 Å². The van der Waals surface area contributed by atoms with E-state index >= 15 is 0 Å². The van der Waals surface area contributed by atoms with Gasteiger partial charge in [-0.05, 0) is 38.7 Å². The summed E-state index contributed by atoms with van der Waals surface area (Å²) in [5, 5.41) is 35.7. The third-order valence-corrected chi connectivity index (χ3v) is 11.2. The van der Waals surface area contributed by atoms with Gasteiger partial charge in [-0.3, -0.25) is 19.3 Å². The number of ether oxygens (including phenoxy) is 4. The number of phenols is 2. The summed E-state index contributed by atoms with van der Waals surface area (Å²) in [7, 11) is 3.06. The molecule has 7 unspecified atom stereocenters. The first kappa shape index (κ1) is 33.9. The molecule has 4 heterocycles. The number of aliphatic hydroxyl groups is 1. The van der Waals surface area contributed by atoms with Crippen LogP contribution in [-0.4, -0.2) is 133 Å². The number of carbonyl (C=O) groups excluding carboxylic acids is 3. The lowest BCUT2D eigenvalue weighted by molar-refractivity contribution is -0.190. The number of rotatable bonds is 4. The molecule has 7 atom stereocenters. The van der Waals surface area contributed by atoms with Crippen LogP contribution < -0.4 is 10.1 Å². The number of hydrogen-bond donors (Lipinski definition) is 4. The molecule has 1 amide bonds. The van der Waals surface area contributed by atoms with Crippen LogP contribution in [0, 0.1) is 11.8 Å². The van der Waals surface area contributed by atoms with Crippen LogP contribution in [0.25, 0.3) is 0 Å². The largest absolute Gasteiger partial charge is 0.507 e. The molecule has 49 heavy (non-hydrogen) atoms. The number of morpholine rings is 1. The van der Waals surface area contributed by atoms with Crippen molar-refractivity contribution in [1.29, 1.82) is 0 Å². The Bertz CT molecular complexity index is 1640. The lowest BCUT2D eigenvalue weighted by Gasteiger charge is -2.43. The number of amides is 1. The predicted octanol–water partition coefficient (Wildman–Crippen LogP) is 1.25. The van der Waals surface area contributed by atoms with E-state index < -0.39 is 17.7 Å². The highest BCUT2D eigenvalue weighted by molar-refractivity contribution is 6.31. The third kappa shape index (κ3) is 5.89. The number of likely N-dealkylation sites (tertiary alicyclic amines) is 1. The molecule has 4 fully saturated rings. The van der Waals surface area contributed by atoms with Gasteiger partial charge in [0.2, 0.25) is 11.7 Å². The van der Waals surface area contributed by atoms with Crippen molar-refractivity contribution in [3.63, 3.8) is 0 Å². The zero-order valence-electron chi connectivity index (χ0n) is 28.1. The molecular weight excluding hydrogens is 634 g/mol. The molecular formula is C36H45N3O10. The molecule has 0 bridgehead atoms. The molecule has 2 aromatic carbocycles. The second-order valence-electron chi connectivity index (χ2n) is 13.9. The molecule has 4 aliphatic heterocycles. The van der Waals surface area contributed by atoms with Gasteiger partial charge in [-0.1, -0.05) is 12.1 Å². The van der Waals surface area contributed by atoms with Gasteiger partial charge in [0.1, 0.15) is 17.2 Å². The van der Waals surface area contributed by atoms with Crippen LogP contribution in [0.15, 0.2) is 18.2 Å². The Balaban J connectivity index is 0.000000199.